The Hall–Kier alpha value is -2.55. The number of alkyl halides is 3. The van der Waals surface area contributed by atoms with Crippen LogP contribution in [0.25, 0.3) is 0 Å². The van der Waals surface area contributed by atoms with E-state index in [1.807, 2.05) is 0 Å². The number of carbonyl (C=O) groups excluding carboxylic acids is 1. The van der Waals surface area contributed by atoms with E-state index in [0.717, 1.165) is 18.2 Å². The van der Waals surface area contributed by atoms with Crippen LogP contribution in [0.3, 0.4) is 0 Å². The molecule has 0 saturated heterocycles. The minimum absolute atomic E-state index is 0.154. The highest BCUT2D eigenvalue weighted by Gasteiger charge is 2.31. The monoisotopic (exact) mass is 358 g/mol. The average Bonchev–Trinajstić information content (AvgIpc) is 2.48. The van der Waals surface area contributed by atoms with E-state index in [0.29, 0.717) is 11.8 Å². The third-order valence-electron chi connectivity index (χ3n) is 2.93. The zero-order chi connectivity index (χ0) is 18.0. The number of benzene rings is 2. The van der Waals surface area contributed by atoms with Gasteiger partial charge in [0, 0.05) is 18.3 Å². The first-order valence-electron chi connectivity index (χ1n) is 6.66. The van der Waals surface area contributed by atoms with E-state index >= 15 is 0 Å². The minimum Gasteiger partial charge on any atom is -0.326 e. The van der Waals surface area contributed by atoms with Crippen LogP contribution < -0.4 is 10.0 Å². The molecule has 9 heteroatoms. The Morgan fingerprint density at radius 3 is 2.12 bits per heavy atom. The topological polar surface area (TPSA) is 75.3 Å². The molecule has 2 N–H and O–H groups in total. The van der Waals surface area contributed by atoms with Crippen molar-refractivity contribution in [3.63, 3.8) is 0 Å². The predicted octanol–water partition coefficient (Wildman–Crippen LogP) is 3.46. The van der Waals surface area contributed by atoms with Gasteiger partial charge >= 0.3 is 6.18 Å². The third-order valence-corrected chi connectivity index (χ3v) is 4.31. The number of sulfonamides is 1. The third kappa shape index (κ3) is 4.48. The van der Waals surface area contributed by atoms with Crippen molar-refractivity contribution in [3.8, 4) is 0 Å². The molecule has 2 aromatic rings. The van der Waals surface area contributed by atoms with Crippen LogP contribution in [0, 0.1) is 0 Å². The SMILES string of the molecule is CC(=O)Nc1ccc(NS(=O)(=O)c2cccc(C(F)(F)F)c2)cc1. The van der Waals surface area contributed by atoms with Crippen molar-refractivity contribution in [2.75, 3.05) is 10.0 Å². The molecule has 0 aliphatic rings. The predicted molar refractivity (Wildman–Crippen MR) is 83.0 cm³/mol. The quantitative estimate of drug-likeness (QED) is 0.879. The van der Waals surface area contributed by atoms with Crippen LogP contribution in [0.15, 0.2) is 53.4 Å². The van der Waals surface area contributed by atoms with Crippen LogP contribution in [0.1, 0.15) is 12.5 Å². The van der Waals surface area contributed by atoms with Crippen molar-refractivity contribution >= 4 is 27.3 Å². The normalized spacial score (nSPS) is 11.8. The number of amides is 1. The van der Waals surface area contributed by atoms with Crippen LogP contribution in [0.4, 0.5) is 24.5 Å². The van der Waals surface area contributed by atoms with Gasteiger partial charge in [-0.1, -0.05) is 6.07 Å². The molecule has 24 heavy (non-hydrogen) atoms. The van der Waals surface area contributed by atoms with E-state index in [9.17, 15) is 26.4 Å². The summed E-state index contributed by atoms with van der Waals surface area (Å²) in [7, 11) is -4.17. The average molecular weight is 358 g/mol. The fourth-order valence-electron chi connectivity index (χ4n) is 1.88. The summed E-state index contributed by atoms with van der Waals surface area (Å²) in [6.45, 7) is 1.32. The maximum absolute atomic E-state index is 12.7. The first kappa shape index (κ1) is 17.8. The molecule has 0 heterocycles. The number of rotatable bonds is 4. The molecule has 0 unspecified atom stereocenters. The standard InChI is InChI=1S/C15H13F3N2O3S/c1-10(21)19-12-5-7-13(8-6-12)20-24(22,23)14-4-2-3-11(9-14)15(16,17)18/h2-9,20H,1H3,(H,19,21). The van der Waals surface area contributed by atoms with E-state index < -0.39 is 26.7 Å². The van der Waals surface area contributed by atoms with Crippen LogP contribution in [-0.2, 0) is 21.0 Å². The summed E-state index contributed by atoms with van der Waals surface area (Å²) in [6, 6.07) is 9.15. The van der Waals surface area contributed by atoms with Crippen LogP contribution >= 0.6 is 0 Å². The molecule has 2 aromatic carbocycles. The van der Waals surface area contributed by atoms with Crippen molar-refractivity contribution in [1.29, 1.82) is 0 Å². The molecule has 0 aliphatic heterocycles. The summed E-state index contributed by atoms with van der Waals surface area (Å²) < 4.78 is 64.6. The van der Waals surface area contributed by atoms with Crippen molar-refractivity contribution in [2.24, 2.45) is 0 Å². The fourth-order valence-corrected chi connectivity index (χ4v) is 2.98. The van der Waals surface area contributed by atoms with Gasteiger partial charge in [0.2, 0.25) is 5.91 Å². The minimum atomic E-state index is -4.63. The highest BCUT2D eigenvalue weighted by Crippen LogP contribution is 2.30. The van der Waals surface area contributed by atoms with Gasteiger partial charge in [-0.25, -0.2) is 8.42 Å². The van der Waals surface area contributed by atoms with Gasteiger partial charge in [-0.3, -0.25) is 9.52 Å². The molecule has 0 atom stereocenters. The van der Waals surface area contributed by atoms with Crippen molar-refractivity contribution < 1.29 is 26.4 Å². The molecule has 0 radical (unpaired) electrons. The molecule has 0 bridgehead atoms. The second-order valence-corrected chi connectivity index (χ2v) is 6.57. The van der Waals surface area contributed by atoms with Gasteiger partial charge in [0.05, 0.1) is 10.5 Å². The first-order chi connectivity index (χ1) is 11.1. The zero-order valence-electron chi connectivity index (χ0n) is 12.4. The van der Waals surface area contributed by atoms with E-state index in [-0.39, 0.29) is 11.6 Å². The smallest absolute Gasteiger partial charge is 0.326 e. The number of hydrogen-bond donors (Lipinski definition) is 2. The molecule has 0 saturated carbocycles. The second kappa shape index (κ2) is 6.52. The Bertz CT molecular complexity index is 847. The molecule has 0 spiro atoms. The number of carbonyl (C=O) groups is 1. The van der Waals surface area contributed by atoms with Crippen LogP contribution in [-0.4, -0.2) is 14.3 Å². The summed E-state index contributed by atoms with van der Waals surface area (Å²) in [5.41, 5.74) is -0.433. The summed E-state index contributed by atoms with van der Waals surface area (Å²) in [4.78, 5) is 10.4. The Morgan fingerprint density at radius 1 is 1.00 bits per heavy atom. The van der Waals surface area contributed by atoms with E-state index in [2.05, 4.69) is 10.0 Å². The van der Waals surface area contributed by atoms with Crippen LogP contribution in [0.2, 0.25) is 0 Å². The second-order valence-electron chi connectivity index (χ2n) is 4.89. The maximum atomic E-state index is 12.7. The molecule has 2 rings (SSSR count). The highest BCUT2D eigenvalue weighted by atomic mass is 32.2. The van der Waals surface area contributed by atoms with E-state index in [4.69, 9.17) is 0 Å². The molecular formula is C15H13F3N2O3S. The lowest BCUT2D eigenvalue weighted by atomic mass is 10.2. The molecule has 5 nitrogen and oxygen atoms in total. The van der Waals surface area contributed by atoms with Crippen molar-refractivity contribution in [2.45, 2.75) is 18.0 Å². The Balaban J connectivity index is 2.24. The van der Waals surface area contributed by atoms with Gasteiger partial charge < -0.3 is 5.32 Å². The number of anilines is 2. The molecule has 1 amide bonds. The number of halogens is 3. The van der Waals surface area contributed by atoms with Crippen molar-refractivity contribution in [1.82, 2.24) is 0 Å². The maximum Gasteiger partial charge on any atom is 0.416 e. The molecular weight excluding hydrogens is 345 g/mol. The summed E-state index contributed by atoms with van der Waals surface area (Å²) >= 11 is 0. The Morgan fingerprint density at radius 2 is 1.58 bits per heavy atom. The summed E-state index contributed by atoms with van der Waals surface area (Å²) in [5.74, 6) is -0.285. The molecule has 128 valence electrons. The fraction of sp³-hybridized carbons (Fsp3) is 0.133. The zero-order valence-corrected chi connectivity index (χ0v) is 13.2. The van der Waals surface area contributed by atoms with Gasteiger partial charge in [0.15, 0.2) is 0 Å². The van der Waals surface area contributed by atoms with E-state index in [1.165, 1.54) is 31.2 Å². The van der Waals surface area contributed by atoms with Gasteiger partial charge in [0.25, 0.3) is 10.0 Å². The first-order valence-corrected chi connectivity index (χ1v) is 8.14. The lowest BCUT2D eigenvalue weighted by Gasteiger charge is -2.11. The number of nitrogens with one attached hydrogen (secondary N) is 2. The largest absolute Gasteiger partial charge is 0.416 e. The van der Waals surface area contributed by atoms with Crippen LogP contribution in [0.5, 0.6) is 0 Å². The number of hydrogen-bond acceptors (Lipinski definition) is 3. The van der Waals surface area contributed by atoms with Crippen molar-refractivity contribution in [3.05, 3.63) is 54.1 Å². The summed E-state index contributed by atoms with van der Waals surface area (Å²) in [6.07, 6.45) is -4.63. The Labute approximate surface area is 136 Å². The van der Waals surface area contributed by atoms with E-state index in [1.54, 1.807) is 0 Å². The molecule has 0 aromatic heterocycles. The van der Waals surface area contributed by atoms with Gasteiger partial charge in [0.1, 0.15) is 0 Å². The lowest BCUT2D eigenvalue weighted by molar-refractivity contribution is -0.137. The Kier molecular flexibility index (Phi) is 4.83. The molecule has 0 fully saturated rings. The van der Waals surface area contributed by atoms with Gasteiger partial charge in [-0.2, -0.15) is 13.2 Å². The lowest BCUT2D eigenvalue weighted by Crippen LogP contribution is -2.14. The van der Waals surface area contributed by atoms with Gasteiger partial charge in [-0.15, -0.1) is 0 Å². The summed E-state index contributed by atoms with van der Waals surface area (Å²) in [5, 5.41) is 2.51. The molecule has 0 aliphatic carbocycles. The van der Waals surface area contributed by atoms with Gasteiger partial charge in [-0.05, 0) is 42.5 Å². The highest BCUT2D eigenvalue weighted by molar-refractivity contribution is 7.92.